The lowest BCUT2D eigenvalue weighted by Crippen LogP contribution is -2.29. The number of hydrogen-bond donors (Lipinski definition) is 1. The molecule has 26 heavy (non-hydrogen) atoms. The molecule has 1 heterocycles. The van der Waals surface area contributed by atoms with Gasteiger partial charge in [0, 0.05) is 24.3 Å². The topological polar surface area (TPSA) is 49.4 Å². The van der Waals surface area contributed by atoms with E-state index in [1.165, 1.54) is 0 Å². The van der Waals surface area contributed by atoms with E-state index in [0.717, 1.165) is 28.1 Å². The van der Waals surface area contributed by atoms with Gasteiger partial charge in [0.1, 0.15) is 0 Å². The van der Waals surface area contributed by atoms with Crippen LogP contribution in [0, 0.1) is 19.8 Å². The van der Waals surface area contributed by atoms with Crippen LogP contribution in [0.15, 0.2) is 42.5 Å². The molecule has 4 nitrogen and oxygen atoms in total. The molecule has 2 aromatic rings. The Balaban J connectivity index is 1.77. The van der Waals surface area contributed by atoms with Crippen LogP contribution in [0.2, 0.25) is 0 Å². The van der Waals surface area contributed by atoms with Crippen molar-refractivity contribution in [3.05, 3.63) is 59.2 Å². The SMILES string of the molecule is Cc1cccc(N2C[C@H](C(=O)Nc3ccccc3C(C)C)CC2=O)c1C. The Morgan fingerprint density at radius 2 is 1.85 bits per heavy atom. The van der Waals surface area contributed by atoms with Crippen LogP contribution in [0.4, 0.5) is 11.4 Å². The predicted octanol–water partition coefficient (Wildman–Crippen LogP) is 4.42. The summed E-state index contributed by atoms with van der Waals surface area (Å²) in [6.07, 6.45) is 0.253. The van der Waals surface area contributed by atoms with E-state index in [1.807, 2.05) is 56.3 Å². The van der Waals surface area contributed by atoms with E-state index in [0.29, 0.717) is 12.5 Å². The lowest BCUT2D eigenvalue weighted by molar-refractivity contribution is -0.122. The molecule has 136 valence electrons. The molecule has 0 unspecified atom stereocenters. The van der Waals surface area contributed by atoms with E-state index in [2.05, 4.69) is 19.2 Å². The number of nitrogens with one attached hydrogen (secondary N) is 1. The summed E-state index contributed by atoms with van der Waals surface area (Å²) < 4.78 is 0. The Hall–Kier alpha value is -2.62. The van der Waals surface area contributed by atoms with Gasteiger partial charge in [-0.2, -0.15) is 0 Å². The first-order valence-electron chi connectivity index (χ1n) is 9.15. The number of rotatable bonds is 4. The fourth-order valence-electron chi connectivity index (χ4n) is 3.49. The zero-order chi connectivity index (χ0) is 18.8. The molecule has 1 fully saturated rings. The Bertz CT molecular complexity index is 842. The lowest BCUT2D eigenvalue weighted by Gasteiger charge is -2.20. The van der Waals surface area contributed by atoms with E-state index in [9.17, 15) is 9.59 Å². The molecule has 0 saturated carbocycles. The van der Waals surface area contributed by atoms with Gasteiger partial charge < -0.3 is 10.2 Å². The van der Waals surface area contributed by atoms with Gasteiger partial charge in [-0.15, -0.1) is 0 Å². The molecule has 1 saturated heterocycles. The number of nitrogens with zero attached hydrogens (tertiary/aromatic N) is 1. The van der Waals surface area contributed by atoms with Crippen molar-refractivity contribution in [3.63, 3.8) is 0 Å². The van der Waals surface area contributed by atoms with Gasteiger partial charge in [0.2, 0.25) is 11.8 Å². The van der Waals surface area contributed by atoms with Crippen LogP contribution in [-0.4, -0.2) is 18.4 Å². The van der Waals surface area contributed by atoms with Crippen molar-refractivity contribution in [2.45, 2.75) is 40.0 Å². The highest BCUT2D eigenvalue weighted by Gasteiger charge is 2.36. The first-order chi connectivity index (χ1) is 12.4. The first-order valence-corrected chi connectivity index (χ1v) is 9.15. The second kappa shape index (κ2) is 7.32. The van der Waals surface area contributed by atoms with Gasteiger partial charge in [-0.25, -0.2) is 0 Å². The molecule has 1 atom stereocenters. The Kier molecular flexibility index (Phi) is 5.12. The van der Waals surface area contributed by atoms with Crippen molar-refractivity contribution in [2.24, 2.45) is 5.92 Å². The molecule has 0 aliphatic carbocycles. The van der Waals surface area contributed by atoms with Gasteiger partial charge in [0.25, 0.3) is 0 Å². The third-order valence-corrected chi connectivity index (χ3v) is 5.20. The molecule has 0 bridgehead atoms. The quantitative estimate of drug-likeness (QED) is 0.887. The number of carbonyl (C=O) groups excluding carboxylic acids is 2. The van der Waals surface area contributed by atoms with E-state index < -0.39 is 0 Å². The monoisotopic (exact) mass is 350 g/mol. The molecule has 0 aromatic heterocycles. The number of aryl methyl sites for hydroxylation is 1. The lowest BCUT2D eigenvalue weighted by atomic mass is 10.0. The second-order valence-electron chi connectivity index (χ2n) is 7.36. The normalized spacial score (nSPS) is 17.0. The molecular formula is C22H26N2O2. The van der Waals surface area contributed by atoms with E-state index >= 15 is 0 Å². The number of hydrogen-bond acceptors (Lipinski definition) is 2. The van der Waals surface area contributed by atoms with Crippen molar-refractivity contribution >= 4 is 23.2 Å². The van der Waals surface area contributed by atoms with Crippen LogP contribution in [-0.2, 0) is 9.59 Å². The number of para-hydroxylation sites is 1. The Labute approximate surface area is 155 Å². The summed E-state index contributed by atoms with van der Waals surface area (Å²) in [6, 6.07) is 13.8. The van der Waals surface area contributed by atoms with Crippen molar-refractivity contribution in [1.82, 2.24) is 0 Å². The molecule has 2 amide bonds. The largest absolute Gasteiger partial charge is 0.326 e. The van der Waals surface area contributed by atoms with Gasteiger partial charge in [0.15, 0.2) is 0 Å². The summed E-state index contributed by atoms with van der Waals surface area (Å²) in [5.74, 6) is -0.0824. The maximum absolute atomic E-state index is 12.8. The minimum Gasteiger partial charge on any atom is -0.326 e. The smallest absolute Gasteiger partial charge is 0.229 e. The number of benzene rings is 2. The minimum atomic E-state index is -0.331. The number of anilines is 2. The van der Waals surface area contributed by atoms with Crippen LogP contribution >= 0.6 is 0 Å². The predicted molar refractivity (Wildman–Crippen MR) is 106 cm³/mol. The molecule has 2 aromatic carbocycles. The number of carbonyl (C=O) groups is 2. The summed E-state index contributed by atoms with van der Waals surface area (Å²) in [7, 11) is 0. The highest BCUT2D eigenvalue weighted by Crippen LogP contribution is 2.31. The molecule has 3 rings (SSSR count). The van der Waals surface area contributed by atoms with Crippen LogP contribution < -0.4 is 10.2 Å². The third kappa shape index (κ3) is 3.50. The van der Waals surface area contributed by atoms with Crippen LogP contribution in [0.3, 0.4) is 0 Å². The molecular weight excluding hydrogens is 324 g/mol. The average Bonchev–Trinajstić information content (AvgIpc) is 2.99. The van der Waals surface area contributed by atoms with E-state index in [-0.39, 0.29) is 24.2 Å². The maximum Gasteiger partial charge on any atom is 0.229 e. The van der Waals surface area contributed by atoms with Gasteiger partial charge in [-0.05, 0) is 48.6 Å². The minimum absolute atomic E-state index is 0.0102. The zero-order valence-electron chi connectivity index (χ0n) is 15.9. The summed E-state index contributed by atoms with van der Waals surface area (Å²) in [5.41, 5.74) is 5.09. The summed E-state index contributed by atoms with van der Waals surface area (Å²) in [6.45, 7) is 8.69. The van der Waals surface area contributed by atoms with Crippen LogP contribution in [0.25, 0.3) is 0 Å². The van der Waals surface area contributed by atoms with Gasteiger partial charge >= 0.3 is 0 Å². The van der Waals surface area contributed by atoms with E-state index in [4.69, 9.17) is 0 Å². The third-order valence-electron chi connectivity index (χ3n) is 5.20. The first kappa shape index (κ1) is 18.2. The van der Waals surface area contributed by atoms with Crippen molar-refractivity contribution in [1.29, 1.82) is 0 Å². The van der Waals surface area contributed by atoms with Crippen molar-refractivity contribution in [3.8, 4) is 0 Å². The number of amides is 2. The second-order valence-corrected chi connectivity index (χ2v) is 7.36. The summed E-state index contributed by atoms with van der Waals surface area (Å²) in [5, 5.41) is 3.03. The van der Waals surface area contributed by atoms with Crippen LogP contribution in [0.1, 0.15) is 42.9 Å². The van der Waals surface area contributed by atoms with E-state index in [1.54, 1.807) is 4.90 Å². The standard InChI is InChI=1S/C22H26N2O2/c1-14(2)18-9-5-6-10-19(18)23-22(26)17-12-21(25)24(13-17)20-11-7-8-15(3)16(20)4/h5-11,14,17H,12-13H2,1-4H3,(H,23,26)/t17-/m1/s1. The zero-order valence-corrected chi connectivity index (χ0v) is 15.9. The van der Waals surface area contributed by atoms with Crippen LogP contribution in [0.5, 0.6) is 0 Å². The van der Waals surface area contributed by atoms with Crippen molar-refractivity contribution in [2.75, 3.05) is 16.8 Å². The molecule has 4 heteroatoms. The molecule has 1 N–H and O–H groups in total. The fourth-order valence-corrected chi connectivity index (χ4v) is 3.49. The highest BCUT2D eigenvalue weighted by molar-refractivity contribution is 6.04. The Morgan fingerprint density at radius 3 is 2.58 bits per heavy atom. The van der Waals surface area contributed by atoms with Gasteiger partial charge in [0.05, 0.1) is 5.92 Å². The Morgan fingerprint density at radius 1 is 1.12 bits per heavy atom. The molecule has 0 spiro atoms. The summed E-state index contributed by atoms with van der Waals surface area (Å²) >= 11 is 0. The van der Waals surface area contributed by atoms with Gasteiger partial charge in [-0.1, -0.05) is 44.2 Å². The van der Waals surface area contributed by atoms with Crippen molar-refractivity contribution < 1.29 is 9.59 Å². The average molecular weight is 350 g/mol. The summed E-state index contributed by atoms with van der Waals surface area (Å²) in [4.78, 5) is 27.1. The highest BCUT2D eigenvalue weighted by atomic mass is 16.2. The fraction of sp³-hybridized carbons (Fsp3) is 0.364. The maximum atomic E-state index is 12.8. The molecule has 0 radical (unpaired) electrons. The molecule has 1 aliphatic heterocycles. The molecule has 1 aliphatic rings. The van der Waals surface area contributed by atoms with Gasteiger partial charge in [-0.3, -0.25) is 9.59 Å².